The van der Waals surface area contributed by atoms with Gasteiger partial charge in [0.25, 0.3) is 0 Å². The van der Waals surface area contributed by atoms with E-state index in [-0.39, 0.29) is 18.2 Å². The van der Waals surface area contributed by atoms with Crippen molar-refractivity contribution in [2.45, 2.75) is 25.9 Å². The minimum absolute atomic E-state index is 0.00157. The highest BCUT2D eigenvalue weighted by Gasteiger charge is 2.18. The second-order valence-electron chi connectivity index (χ2n) is 3.79. The van der Waals surface area contributed by atoms with Crippen molar-refractivity contribution in [3.8, 4) is 5.75 Å². The van der Waals surface area contributed by atoms with Crippen molar-refractivity contribution in [3.05, 3.63) is 29.3 Å². The predicted molar refractivity (Wildman–Crippen MR) is 56.1 cm³/mol. The molecule has 2 unspecified atom stereocenters. The van der Waals surface area contributed by atoms with Crippen molar-refractivity contribution < 1.29 is 19.0 Å². The summed E-state index contributed by atoms with van der Waals surface area (Å²) < 4.78 is 26.2. The quantitative estimate of drug-likeness (QED) is 0.739. The normalized spacial score (nSPS) is 14.8. The fourth-order valence-corrected chi connectivity index (χ4v) is 1.56. The number of phenols is 1. The first-order valence-corrected chi connectivity index (χ1v) is 5.00. The zero-order valence-electron chi connectivity index (χ0n) is 9.17. The van der Waals surface area contributed by atoms with Gasteiger partial charge in [0.2, 0.25) is 0 Å². The molecule has 1 rings (SSSR count). The molecule has 16 heavy (non-hydrogen) atoms. The average molecular weight is 231 g/mol. The lowest BCUT2D eigenvalue weighted by atomic mass is 10.1. The van der Waals surface area contributed by atoms with Crippen LogP contribution in [0.25, 0.3) is 0 Å². The predicted octanol–water partition coefficient (Wildman–Crippen LogP) is 1.70. The van der Waals surface area contributed by atoms with E-state index in [1.54, 1.807) is 13.8 Å². The van der Waals surface area contributed by atoms with Crippen LogP contribution in [0.2, 0.25) is 0 Å². The molecule has 1 aromatic rings. The van der Waals surface area contributed by atoms with Gasteiger partial charge in [0.15, 0.2) is 0 Å². The highest BCUT2D eigenvalue weighted by atomic mass is 19.1. The molecule has 0 fully saturated rings. The largest absolute Gasteiger partial charge is 0.507 e. The van der Waals surface area contributed by atoms with Gasteiger partial charge in [0, 0.05) is 29.8 Å². The van der Waals surface area contributed by atoms with E-state index in [1.807, 2.05) is 0 Å². The van der Waals surface area contributed by atoms with Crippen LogP contribution in [-0.4, -0.2) is 22.9 Å². The maximum Gasteiger partial charge on any atom is 0.134 e. The molecule has 0 saturated heterocycles. The van der Waals surface area contributed by atoms with Crippen molar-refractivity contribution in [3.63, 3.8) is 0 Å². The number of benzene rings is 1. The standard InChI is InChI=1S/C11H15F2NO2/c1-6(5-15)14-7(2)11-9(13)3-8(12)4-10(11)16/h3-4,6-7,14-16H,5H2,1-2H3. The average Bonchev–Trinajstić information content (AvgIpc) is 2.15. The smallest absolute Gasteiger partial charge is 0.134 e. The molecule has 0 aliphatic rings. The van der Waals surface area contributed by atoms with E-state index in [1.165, 1.54) is 0 Å². The molecular weight excluding hydrogens is 216 g/mol. The Bertz CT molecular complexity index is 348. The Hall–Kier alpha value is -1.20. The van der Waals surface area contributed by atoms with Crippen LogP contribution in [0.15, 0.2) is 12.1 Å². The van der Waals surface area contributed by atoms with Gasteiger partial charge in [-0.15, -0.1) is 0 Å². The van der Waals surface area contributed by atoms with E-state index in [2.05, 4.69) is 5.32 Å². The van der Waals surface area contributed by atoms with Crippen molar-refractivity contribution in [2.75, 3.05) is 6.61 Å². The summed E-state index contributed by atoms with van der Waals surface area (Å²) in [7, 11) is 0. The van der Waals surface area contributed by atoms with Gasteiger partial charge in [-0.1, -0.05) is 0 Å². The third-order valence-electron chi connectivity index (χ3n) is 2.31. The molecule has 0 aliphatic carbocycles. The summed E-state index contributed by atoms with van der Waals surface area (Å²) in [5, 5.41) is 21.2. The molecule has 0 radical (unpaired) electrons. The van der Waals surface area contributed by atoms with E-state index in [0.717, 1.165) is 12.1 Å². The van der Waals surface area contributed by atoms with Crippen molar-refractivity contribution >= 4 is 0 Å². The van der Waals surface area contributed by atoms with Crippen LogP contribution in [0.5, 0.6) is 5.75 Å². The molecule has 3 N–H and O–H groups in total. The highest BCUT2D eigenvalue weighted by Crippen LogP contribution is 2.28. The van der Waals surface area contributed by atoms with Gasteiger partial charge in [-0.3, -0.25) is 0 Å². The number of aliphatic hydroxyl groups is 1. The lowest BCUT2D eigenvalue weighted by Crippen LogP contribution is -2.32. The third-order valence-corrected chi connectivity index (χ3v) is 2.31. The van der Waals surface area contributed by atoms with E-state index >= 15 is 0 Å². The van der Waals surface area contributed by atoms with Gasteiger partial charge >= 0.3 is 0 Å². The Morgan fingerprint density at radius 2 is 1.94 bits per heavy atom. The minimum Gasteiger partial charge on any atom is -0.507 e. The number of phenolic OH excluding ortho intramolecular Hbond substituents is 1. The summed E-state index contributed by atoms with van der Waals surface area (Å²) >= 11 is 0. The number of aliphatic hydroxyl groups excluding tert-OH is 1. The fraction of sp³-hybridized carbons (Fsp3) is 0.455. The topological polar surface area (TPSA) is 52.5 Å². The molecule has 0 aliphatic heterocycles. The molecule has 2 atom stereocenters. The summed E-state index contributed by atoms with van der Waals surface area (Å²) in [6.07, 6.45) is 0. The maximum absolute atomic E-state index is 13.4. The molecule has 5 heteroatoms. The second-order valence-corrected chi connectivity index (χ2v) is 3.79. The lowest BCUT2D eigenvalue weighted by molar-refractivity contribution is 0.241. The van der Waals surface area contributed by atoms with Crippen LogP contribution >= 0.6 is 0 Å². The molecule has 0 bridgehead atoms. The Labute approximate surface area is 92.7 Å². The van der Waals surface area contributed by atoms with E-state index in [4.69, 9.17) is 5.11 Å². The second kappa shape index (κ2) is 5.23. The molecule has 90 valence electrons. The zero-order valence-corrected chi connectivity index (χ0v) is 9.17. The highest BCUT2D eigenvalue weighted by molar-refractivity contribution is 5.36. The van der Waals surface area contributed by atoms with Crippen LogP contribution in [0.3, 0.4) is 0 Å². The summed E-state index contributed by atoms with van der Waals surface area (Å²) in [6.45, 7) is 3.24. The molecule has 1 aromatic carbocycles. The number of halogens is 2. The Balaban J connectivity index is 2.95. The van der Waals surface area contributed by atoms with Crippen LogP contribution in [0.4, 0.5) is 8.78 Å². The number of hydrogen-bond acceptors (Lipinski definition) is 3. The first-order chi connectivity index (χ1) is 7.45. The van der Waals surface area contributed by atoms with Crippen LogP contribution < -0.4 is 5.32 Å². The molecule has 0 spiro atoms. The number of rotatable bonds is 4. The monoisotopic (exact) mass is 231 g/mol. The summed E-state index contributed by atoms with van der Waals surface area (Å²) in [5.74, 6) is -2.05. The van der Waals surface area contributed by atoms with E-state index in [0.29, 0.717) is 0 Å². The first kappa shape index (κ1) is 12.9. The van der Waals surface area contributed by atoms with Gasteiger partial charge in [-0.05, 0) is 13.8 Å². The van der Waals surface area contributed by atoms with Crippen molar-refractivity contribution in [1.29, 1.82) is 0 Å². The molecule has 0 heterocycles. The van der Waals surface area contributed by atoms with Gasteiger partial charge in [-0.2, -0.15) is 0 Å². The van der Waals surface area contributed by atoms with Crippen molar-refractivity contribution in [2.24, 2.45) is 0 Å². The Morgan fingerprint density at radius 1 is 1.31 bits per heavy atom. The third kappa shape index (κ3) is 2.90. The number of aromatic hydroxyl groups is 1. The fourth-order valence-electron chi connectivity index (χ4n) is 1.56. The Kier molecular flexibility index (Phi) is 4.20. The van der Waals surface area contributed by atoms with Gasteiger partial charge in [-0.25, -0.2) is 8.78 Å². The number of nitrogens with one attached hydrogen (secondary N) is 1. The zero-order chi connectivity index (χ0) is 12.3. The molecule has 0 amide bonds. The molecule has 0 saturated carbocycles. The SMILES string of the molecule is CC(CO)NC(C)c1c(O)cc(F)cc1F. The molecule has 0 aromatic heterocycles. The van der Waals surface area contributed by atoms with E-state index in [9.17, 15) is 13.9 Å². The maximum atomic E-state index is 13.4. The van der Waals surface area contributed by atoms with E-state index < -0.39 is 23.4 Å². The molecule has 3 nitrogen and oxygen atoms in total. The van der Waals surface area contributed by atoms with Crippen LogP contribution in [0, 0.1) is 11.6 Å². The van der Waals surface area contributed by atoms with Crippen molar-refractivity contribution in [1.82, 2.24) is 5.32 Å². The summed E-state index contributed by atoms with van der Waals surface area (Å²) in [6, 6.07) is 0.832. The van der Waals surface area contributed by atoms with Crippen LogP contribution in [-0.2, 0) is 0 Å². The lowest BCUT2D eigenvalue weighted by Gasteiger charge is -2.20. The molecular formula is C11H15F2NO2. The van der Waals surface area contributed by atoms with Crippen LogP contribution in [0.1, 0.15) is 25.5 Å². The summed E-state index contributed by atoms with van der Waals surface area (Å²) in [5.41, 5.74) is 0.00157. The number of hydrogen-bond donors (Lipinski definition) is 3. The minimum atomic E-state index is -0.818. The van der Waals surface area contributed by atoms with Gasteiger partial charge in [0.1, 0.15) is 17.4 Å². The summed E-state index contributed by atoms with van der Waals surface area (Å²) in [4.78, 5) is 0. The first-order valence-electron chi connectivity index (χ1n) is 5.00. The Morgan fingerprint density at radius 3 is 2.44 bits per heavy atom. The van der Waals surface area contributed by atoms with Gasteiger partial charge < -0.3 is 15.5 Å². The van der Waals surface area contributed by atoms with Gasteiger partial charge in [0.05, 0.1) is 6.61 Å².